The molecule has 0 radical (unpaired) electrons. The van der Waals surface area contributed by atoms with Gasteiger partial charge in [-0.1, -0.05) is 35.9 Å². The molecule has 0 saturated carbocycles. The van der Waals surface area contributed by atoms with E-state index in [-0.39, 0.29) is 11.8 Å². The molecule has 4 rings (SSSR count). The Morgan fingerprint density at radius 3 is 2.70 bits per heavy atom. The van der Waals surface area contributed by atoms with Crippen LogP contribution in [0.15, 0.2) is 48.7 Å². The molecule has 1 atom stereocenters. The van der Waals surface area contributed by atoms with Crippen molar-refractivity contribution in [2.24, 2.45) is 0 Å². The fourth-order valence-corrected chi connectivity index (χ4v) is 4.25. The third kappa shape index (κ3) is 3.47. The number of piperazine rings is 1. The maximum atomic E-state index is 13.1. The number of nitrogens with zero attached hydrogens (tertiary/aromatic N) is 1. The second-order valence-corrected chi connectivity index (χ2v) is 7.85. The van der Waals surface area contributed by atoms with Gasteiger partial charge < -0.3 is 14.8 Å². The minimum Gasteiger partial charge on any atom is -0.360 e. The summed E-state index contributed by atoms with van der Waals surface area (Å²) >= 11 is 6.18. The largest absolute Gasteiger partial charge is 0.360 e. The van der Waals surface area contributed by atoms with Gasteiger partial charge in [-0.25, -0.2) is 0 Å². The van der Waals surface area contributed by atoms with Crippen LogP contribution in [0.5, 0.6) is 0 Å². The van der Waals surface area contributed by atoms with Crippen LogP contribution < -0.4 is 9.80 Å². The van der Waals surface area contributed by atoms with Crippen LogP contribution in [0, 0.1) is 6.92 Å². The van der Waals surface area contributed by atoms with Gasteiger partial charge in [0.25, 0.3) is 0 Å². The van der Waals surface area contributed by atoms with E-state index in [0.29, 0.717) is 0 Å². The van der Waals surface area contributed by atoms with Crippen molar-refractivity contribution in [2.45, 2.75) is 19.9 Å². The van der Waals surface area contributed by atoms with Gasteiger partial charge in [-0.05, 0) is 37.6 Å². The predicted molar refractivity (Wildman–Crippen MR) is 111 cm³/mol. The minimum absolute atomic E-state index is 0.0492. The molecule has 1 aliphatic rings. The van der Waals surface area contributed by atoms with Crippen molar-refractivity contribution in [2.75, 3.05) is 31.1 Å². The van der Waals surface area contributed by atoms with Crippen molar-refractivity contribution in [3.05, 3.63) is 64.8 Å². The van der Waals surface area contributed by atoms with Crippen LogP contribution in [0.4, 0.5) is 5.69 Å². The molecule has 0 bridgehead atoms. The monoisotopic (exact) mass is 382 g/mol. The normalized spacial score (nSPS) is 16.6. The molecular formula is C22H25ClN3O+. The molecular weight excluding hydrogens is 358 g/mol. The zero-order chi connectivity index (χ0) is 19.0. The van der Waals surface area contributed by atoms with Crippen LogP contribution in [0.2, 0.25) is 5.02 Å². The first-order chi connectivity index (χ1) is 13.0. The number of aromatic nitrogens is 1. The number of aryl methyl sites for hydroxylation is 1. The number of fused-ring (bicyclic) bond motifs is 1. The summed E-state index contributed by atoms with van der Waals surface area (Å²) in [5.41, 5.74) is 4.27. The molecule has 2 N–H and O–H groups in total. The second kappa shape index (κ2) is 7.37. The first-order valence-electron chi connectivity index (χ1n) is 9.50. The Morgan fingerprint density at radius 1 is 1.19 bits per heavy atom. The van der Waals surface area contributed by atoms with Gasteiger partial charge >= 0.3 is 0 Å². The number of carbonyl (C=O) groups excluding carboxylic acids is 1. The Labute approximate surface area is 164 Å². The van der Waals surface area contributed by atoms with Crippen molar-refractivity contribution in [1.29, 1.82) is 0 Å². The first-order valence-corrected chi connectivity index (χ1v) is 9.88. The number of hydrogen-bond donors (Lipinski definition) is 2. The van der Waals surface area contributed by atoms with Gasteiger partial charge in [-0.15, -0.1) is 0 Å². The van der Waals surface area contributed by atoms with Crippen molar-refractivity contribution in [3.63, 3.8) is 0 Å². The quantitative estimate of drug-likeness (QED) is 0.681. The highest BCUT2D eigenvalue weighted by molar-refractivity contribution is 6.30. The molecule has 0 amide bonds. The highest BCUT2D eigenvalue weighted by Gasteiger charge is 2.31. The molecule has 2 aromatic carbocycles. The molecule has 0 spiro atoms. The van der Waals surface area contributed by atoms with Crippen LogP contribution in [-0.2, 0) is 0 Å². The van der Waals surface area contributed by atoms with Crippen LogP contribution in [0.25, 0.3) is 10.9 Å². The summed E-state index contributed by atoms with van der Waals surface area (Å²) < 4.78 is 0. The molecule has 1 saturated heterocycles. The lowest BCUT2D eigenvalue weighted by Crippen LogP contribution is -3.18. The predicted octanol–water partition coefficient (Wildman–Crippen LogP) is 3.11. The Kier molecular flexibility index (Phi) is 4.94. The standard InChI is InChI=1S/C22H24ClN3O/c1-15-7-8-17(23)13-21(15)26-11-9-25(10-12-26)16(2)22(27)19-14-24-20-6-4-3-5-18(19)20/h3-8,13-14,16,24H,9-12H2,1-2H3/p+1/t16-/m0/s1. The molecule has 1 aromatic heterocycles. The van der Waals surface area contributed by atoms with E-state index in [1.807, 2.05) is 42.6 Å². The molecule has 2 heterocycles. The van der Waals surface area contributed by atoms with E-state index in [4.69, 9.17) is 11.6 Å². The smallest absolute Gasteiger partial charge is 0.221 e. The van der Waals surface area contributed by atoms with E-state index in [1.165, 1.54) is 16.2 Å². The number of rotatable bonds is 4. The van der Waals surface area contributed by atoms with Crippen LogP contribution in [0.1, 0.15) is 22.8 Å². The summed E-state index contributed by atoms with van der Waals surface area (Å²) in [6.07, 6.45) is 1.86. The molecule has 1 fully saturated rings. The van der Waals surface area contributed by atoms with Crippen LogP contribution >= 0.6 is 11.6 Å². The zero-order valence-electron chi connectivity index (χ0n) is 15.8. The molecule has 4 nitrogen and oxygen atoms in total. The summed E-state index contributed by atoms with van der Waals surface area (Å²) in [7, 11) is 0. The van der Waals surface area contributed by atoms with E-state index in [9.17, 15) is 4.79 Å². The summed E-state index contributed by atoms with van der Waals surface area (Å²) in [4.78, 5) is 20.0. The Bertz CT molecular complexity index is 973. The van der Waals surface area contributed by atoms with Gasteiger partial charge in [0.1, 0.15) is 6.04 Å². The van der Waals surface area contributed by atoms with E-state index >= 15 is 0 Å². The lowest BCUT2D eigenvalue weighted by molar-refractivity contribution is -0.914. The van der Waals surface area contributed by atoms with Gasteiger partial charge in [0.05, 0.1) is 26.2 Å². The summed E-state index contributed by atoms with van der Waals surface area (Å²) in [5.74, 6) is 0.217. The lowest BCUT2D eigenvalue weighted by Gasteiger charge is -2.36. The maximum Gasteiger partial charge on any atom is 0.221 e. The Morgan fingerprint density at radius 2 is 1.93 bits per heavy atom. The van der Waals surface area contributed by atoms with Crippen LogP contribution in [0.3, 0.4) is 0 Å². The fraction of sp³-hybridized carbons (Fsp3) is 0.318. The molecule has 0 aliphatic carbocycles. The number of carbonyl (C=O) groups is 1. The number of nitrogens with one attached hydrogen (secondary N) is 2. The van der Waals surface area contributed by atoms with Crippen molar-refractivity contribution < 1.29 is 9.69 Å². The number of anilines is 1. The molecule has 140 valence electrons. The molecule has 27 heavy (non-hydrogen) atoms. The van der Waals surface area contributed by atoms with Crippen LogP contribution in [-0.4, -0.2) is 43.0 Å². The number of benzene rings is 2. The van der Waals surface area contributed by atoms with Crippen molar-refractivity contribution >= 4 is 34.0 Å². The van der Waals surface area contributed by atoms with Gasteiger partial charge in [-0.2, -0.15) is 0 Å². The van der Waals surface area contributed by atoms with Gasteiger partial charge in [0.2, 0.25) is 5.78 Å². The second-order valence-electron chi connectivity index (χ2n) is 7.41. The average Bonchev–Trinajstić information content (AvgIpc) is 3.13. The number of hydrogen-bond acceptors (Lipinski definition) is 2. The van der Waals surface area contributed by atoms with Gasteiger partial charge in [-0.3, -0.25) is 4.79 Å². The number of ketones is 1. The summed E-state index contributed by atoms with van der Waals surface area (Å²) in [6, 6.07) is 14.0. The van der Waals surface area contributed by atoms with Crippen molar-refractivity contribution in [1.82, 2.24) is 4.98 Å². The topological polar surface area (TPSA) is 40.5 Å². The molecule has 5 heteroatoms. The van der Waals surface area contributed by atoms with E-state index in [2.05, 4.69) is 29.8 Å². The number of quaternary nitrogens is 1. The Balaban J connectivity index is 1.46. The first kappa shape index (κ1) is 18.1. The van der Waals surface area contributed by atoms with Gasteiger partial charge in [0.15, 0.2) is 0 Å². The lowest BCUT2D eigenvalue weighted by atomic mass is 10.0. The molecule has 1 aliphatic heterocycles. The third-order valence-electron chi connectivity index (χ3n) is 5.78. The average molecular weight is 383 g/mol. The SMILES string of the molecule is Cc1ccc(Cl)cc1N1CC[NH+]([C@@H](C)C(=O)c2c[nH]c3ccccc23)CC1. The number of aromatic amines is 1. The van der Waals surface area contributed by atoms with Gasteiger partial charge in [0, 0.05) is 33.4 Å². The minimum atomic E-state index is -0.0492. The highest BCUT2D eigenvalue weighted by Crippen LogP contribution is 2.24. The Hall–Kier alpha value is -2.30. The number of Topliss-reactive ketones (excluding diaryl/α,β-unsaturated/α-hetero) is 1. The summed E-state index contributed by atoms with van der Waals surface area (Å²) in [6.45, 7) is 7.93. The maximum absolute atomic E-state index is 13.1. The highest BCUT2D eigenvalue weighted by atomic mass is 35.5. The zero-order valence-corrected chi connectivity index (χ0v) is 16.5. The van der Waals surface area contributed by atoms with E-state index in [1.54, 1.807) is 0 Å². The fourth-order valence-electron chi connectivity index (χ4n) is 4.09. The van der Waals surface area contributed by atoms with E-state index < -0.39 is 0 Å². The number of H-pyrrole nitrogens is 1. The van der Waals surface area contributed by atoms with E-state index in [0.717, 1.165) is 47.7 Å². The third-order valence-corrected chi connectivity index (χ3v) is 6.01. The molecule has 3 aromatic rings. The molecule has 0 unspecified atom stereocenters. The number of halogens is 1. The number of para-hydroxylation sites is 1. The van der Waals surface area contributed by atoms with Crippen molar-refractivity contribution in [3.8, 4) is 0 Å². The summed E-state index contributed by atoms with van der Waals surface area (Å²) in [5, 5.41) is 1.79.